The van der Waals surface area contributed by atoms with E-state index in [4.69, 9.17) is 5.11 Å². The SMILES string of the molecule is O=C(O)C1(c2ccc([N+](=O)[O-])cc2)CC1CO. The first-order chi connectivity index (χ1) is 8.02. The number of nitro benzene ring substituents is 1. The molecule has 2 atom stereocenters. The van der Waals surface area contributed by atoms with Gasteiger partial charge in [-0.05, 0) is 12.0 Å². The number of carboxylic acid groups (broad SMARTS) is 1. The predicted octanol–water partition coefficient (Wildman–Crippen LogP) is 0.929. The van der Waals surface area contributed by atoms with Gasteiger partial charge in [0.1, 0.15) is 0 Å². The van der Waals surface area contributed by atoms with Gasteiger partial charge < -0.3 is 10.2 Å². The van der Waals surface area contributed by atoms with Crippen LogP contribution in [-0.2, 0) is 10.2 Å². The first-order valence-electron chi connectivity index (χ1n) is 5.11. The van der Waals surface area contributed by atoms with E-state index in [-0.39, 0.29) is 18.2 Å². The van der Waals surface area contributed by atoms with E-state index in [2.05, 4.69) is 0 Å². The molecular formula is C11H11NO5. The number of carboxylic acids is 1. The molecular weight excluding hydrogens is 226 g/mol. The first kappa shape index (κ1) is 11.5. The summed E-state index contributed by atoms with van der Waals surface area (Å²) in [5.41, 5.74) is -0.630. The van der Waals surface area contributed by atoms with Crippen LogP contribution in [0.4, 0.5) is 5.69 Å². The largest absolute Gasteiger partial charge is 0.481 e. The number of non-ortho nitro benzene ring substituents is 1. The third-order valence-electron chi connectivity index (χ3n) is 3.30. The lowest BCUT2D eigenvalue weighted by Crippen LogP contribution is -2.23. The fourth-order valence-electron chi connectivity index (χ4n) is 2.17. The Labute approximate surface area is 96.7 Å². The maximum absolute atomic E-state index is 11.2. The molecule has 0 aromatic heterocycles. The van der Waals surface area contributed by atoms with Crippen molar-refractivity contribution in [3.63, 3.8) is 0 Å². The number of carbonyl (C=O) groups is 1. The van der Waals surface area contributed by atoms with Crippen molar-refractivity contribution < 1.29 is 19.9 Å². The Hall–Kier alpha value is -1.95. The van der Waals surface area contributed by atoms with Gasteiger partial charge in [0.05, 0.1) is 10.3 Å². The zero-order chi connectivity index (χ0) is 12.6. The molecule has 1 aromatic rings. The number of nitrogens with zero attached hydrogens (tertiary/aromatic N) is 1. The van der Waals surface area contributed by atoms with Gasteiger partial charge in [-0.3, -0.25) is 14.9 Å². The van der Waals surface area contributed by atoms with Gasteiger partial charge in [0, 0.05) is 24.7 Å². The van der Waals surface area contributed by atoms with Crippen LogP contribution >= 0.6 is 0 Å². The molecule has 1 aliphatic carbocycles. The summed E-state index contributed by atoms with van der Waals surface area (Å²) in [5.74, 6) is -1.30. The predicted molar refractivity (Wildman–Crippen MR) is 57.6 cm³/mol. The van der Waals surface area contributed by atoms with Gasteiger partial charge in [0.25, 0.3) is 5.69 Å². The summed E-state index contributed by atoms with van der Waals surface area (Å²) in [5, 5.41) is 28.7. The third kappa shape index (κ3) is 1.66. The van der Waals surface area contributed by atoms with Crippen molar-refractivity contribution >= 4 is 11.7 Å². The van der Waals surface area contributed by atoms with Crippen molar-refractivity contribution in [3.8, 4) is 0 Å². The first-order valence-corrected chi connectivity index (χ1v) is 5.11. The van der Waals surface area contributed by atoms with Gasteiger partial charge in [-0.25, -0.2) is 0 Å². The quantitative estimate of drug-likeness (QED) is 0.599. The minimum atomic E-state index is -1.07. The van der Waals surface area contributed by atoms with Crippen LogP contribution in [0, 0.1) is 16.0 Å². The standard InChI is InChI=1S/C11H11NO5/c13-6-8-5-11(8,10(14)15)7-1-3-9(4-2-7)12(16)17/h1-4,8,13H,5-6H2,(H,14,15). The van der Waals surface area contributed by atoms with Crippen LogP contribution in [0.3, 0.4) is 0 Å². The molecule has 0 bridgehead atoms. The fraction of sp³-hybridized carbons (Fsp3) is 0.364. The van der Waals surface area contributed by atoms with Gasteiger partial charge in [0.2, 0.25) is 0 Å². The number of aliphatic hydroxyl groups is 1. The zero-order valence-electron chi connectivity index (χ0n) is 8.87. The number of rotatable bonds is 4. The molecule has 0 spiro atoms. The molecule has 1 aliphatic rings. The summed E-state index contributed by atoms with van der Waals surface area (Å²) in [6, 6.07) is 5.46. The van der Waals surface area contributed by atoms with Gasteiger partial charge in [-0.1, -0.05) is 12.1 Å². The summed E-state index contributed by atoms with van der Waals surface area (Å²) in [6.45, 7) is -0.191. The number of hydrogen-bond acceptors (Lipinski definition) is 4. The molecule has 2 N–H and O–H groups in total. The second kappa shape index (κ2) is 3.81. The Morgan fingerprint density at radius 1 is 1.47 bits per heavy atom. The van der Waals surface area contributed by atoms with E-state index >= 15 is 0 Å². The molecule has 0 aliphatic heterocycles. The lowest BCUT2D eigenvalue weighted by Gasteiger charge is -2.11. The number of nitro groups is 1. The Morgan fingerprint density at radius 3 is 2.41 bits per heavy atom. The van der Waals surface area contributed by atoms with E-state index in [0.717, 1.165) is 0 Å². The molecule has 2 rings (SSSR count). The van der Waals surface area contributed by atoms with E-state index in [1.54, 1.807) is 0 Å². The topological polar surface area (TPSA) is 101 Å². The van der Waals surface area contributed by atoms with Crippen molar-refractivity contribution in [2.45, 2.75) is 11.8 Å². The van der Waals surface area contributed by atoms with Crippen LogP contribution in [0.1, 0.15) is 12.0 Å². The minimum absolute atomic E-state index is 0.0736. The lowest BCUT2D eigenvalue weighted by molar-refractivity contribution is -0.384. The molecule has 1 fully saturated rings. The maximum Gasteiger partial charge on any atom is 0.314 e. The zero-order valence-corrected chi connectivity index (χ0v) is 8.87. The van der Waals surface area contributed by atoms with Crippen molar-refractivity contribution in [1.82, 2.24) is 0 Å². The van der Waals surface area contributed by atoms with Crippen molar-refractivity contribution in [1.29, 1.82) is 0 Å². The Bertz CT molecular complexity index is 469. The third-order valence-corrected chi connectivity index (χ3v) is 3.30. The van der Waals surface area contributed by atoms with Crippen LogP contribution < -0.4 is 0 Å². The fourth-order valence-corrected chi connectivity index (χ4v) is 2.17. The molecule has 0 amide bonds. The average molecular weight is 237 g/mol. The van der Waals surface area contributed by atoms with Crippen molar-refractivity contribution in [3.05, 3.63) is 39.9 Å². The molecule has 0 saturated heterocycles. The van der Waals surface area contributed by atoms with Gasteiger partial charge in [0.15, 0.2) is 0 Å². The Morgan fingerprint density at radius 2 is 2.06 bits per heavy atom. The van der Waals surface area contributed by atoms with E-state index in [9.17, 15) is 20.0 Å². The highest BCUT2D eigenvalue weighted by atomic mass is 16.6. The minimum Gasteiger partial charge on any atom is -0.481 e. The summed E-state index contributed by atoms with van der Waals surface area (Å²) in [6.07, 6.45) is 0.372. The van der Waals surface area contributed by atoms with Crippen LogP contribution in [0.15, 0.2) is 24.3 Å². The van der Waals surface area contributed by atoms with E-state index < -0.39 is 16.3 Å². The molecule has 0 heterocycles. The maximum atomic E-state index is 11.2. The van der Waals surface area contributed by atoms with E-state index in [0.29, 0.717) is 12.0 Å². The number of aliphatic hydroxyl groups excluding tert-OH is 1. The Kier molecular flexibility index (Phi) is 2.59. The molecule has 2 unspecified atom stereocenters. The number of hydrogen-bond donors (Lipinski definition) is 2. The number of benzene rings is 1. The smallest absolute Gasteiger partial charge is 0.314 e. The normalized spacial score (nSPS) is 26.5. The van der Waals surface area contributed by atoms with Crippen LogP contribution in [-0.4, -0.2) is 27.7 Å². The van der Waals surface area contributed by atoms with E-state index in [1.807, 2.05) is 0 Å². The number of aliphatic carboxylic acids is 1. The second-order valence-electron chi connectivity index (χ2n) is 4.16. The molecule has 17 heavy (non-hydrogen) atoms. The highest BCUT2D eigenvalue weighted by molar-refractivity contribution is 5.86. The van der Waals surface area contributed by atoms with Crippen molar-refractivity contribution in [2.75, 3.05) is 6.61 Å². The Balaban J connectivity index is 2.34. The van der Waals surface area contributed by atoms with Gasteiger partial charge in [-0.15, -0.1) is 0 Å². The van der Waals surface area contributed by atoms with Crippen LogP contribution in [0.5, 0.6) is 0 Å². The molecule has 1 aromatic carbocycles. The van der Waals surface area contributed by atoms with E-state index in [1.165, 1.54) is 24.3 Å². The summed E-state index contributed by atoms with van der Waals surface area (Å²) >= 11 is 0. The van der Waals surface area contributed by atoms with Crippen molar-refractivity contribution in [2.24, 2.45) is 5.92 Å². The molecule has 6 nitrogen and oxygen atoms in total. The highest BCUT2D eigenvalue weighted by Crippen LogP contribution is 2.54. The molecule has 0 radical (unpaired) electrons. The highest BCUT2D eigenvalue weighted by Gasteiger charge is 2.61. The summed E-state index contributed by atoms with van der Waals surface area (Å²) < 4.78 is 0. The molecule has 90 valence electrons. The monoisotopic (exact) mass is 237 g/mol. The van der Waals surface area contributed by atoms with Crippen LogP contribution in [0.25, 0.3) is 0 Å². The molecule has 1 saturated carbocycles. The average Bonchev–Trinajstić information content (AvgIpc) is 3.05. The van der Waals surface area contributed by atoms with Gasteiger partial charge >= 0.3 is 5.97 Å². The summed E-state index contributed by atoms with van der Waals surface area (Å²) in [7, 11) is 0. The summed E-state index contributed by atoms with van der Waals surface area (Å²) in [4.78, 5) is 21.2. The van der Waals surface area contributed by atoms with Crippen LogP contribution in [0.2, 0.25) is 0 Å². The lowest BCUT2D eigenvalue weighted by atomic mass is 9.93. The second-order valence-corrected chi connectivity index (χ2v) is 4.16. The molecule has 6 heteroatoms. The van der Waals surface area contributed by atoms with Gasteiger partial charge in [-0.2, -0.15) is 0 Å².